The van der Waals surface area contributed by atoms with Crippen LogP contribution in [0.5, 0.6) is 0 Å². The van der Waals surface area contributed by atoms with Gasteiger partial charge in [0.2, 0.25) is 0 Å². The maximum absolute atomic E-state index is 12.5. The molecule has 2 rings (SSSR count). The Kier molecular flexibility index (Phi) is 4.25. The standard InChI is InChI=1S/C14H19ClN2O/c1-3-17(13-4-5-16-9-13)14(18)11-6-10(2)7-12(15)8-11/h6-8,13,16H,3-5,9H2,1-2H3. The van der Waals surface area contributed by atoms with E-state index in [1.165, 1.54) is 0 Å². The van der Waals surface area contributed by atoms with Crippen molar-refractivity contribution in [3.8, 4) is 0 Å². The normalized spacial score (nSPS) is 18.9. The highest BCUT2D eigenvalue weighted by Gasteiger charge is 2.26. The van der Waals surface area contributed by atoms with Crippen molar-refractivity contribution in [2.75, 3.05) is 19.6 Å². The molecule has 1 saturated heterocycles. The number of carbonyl (C=O) groups excluding carboxylic acids is 1. The van der Waals surface area contributed by atoms with Crippen LogP contribution in [0.3, 0.4) is 0 Å². The predicted octanol–water partition coefficient (Wildman–Crippen LogP) is 2.47. The second kappa shape index (κ2) is 5.72. The molecular formula is C14H19ClN2O. The van der Waals surface area contributed by atoms with E-state index in [1.807, 2.05) is 30.9 Å². The van der Waals surface area contributed by atoms with E-state index in [-0.39, 0.29) is 5.91 Å². The lowest BCUT2D eigenvalue weighted by atomic mass is 10.1. The first kappa shape index (κ1) is 13.4. The maximum atomic E-state index is 12.5. The van der Waals surface area contributed by atoms with Crippen molar-refractivity contribution in [2.45, 2.75) is 26.3 Å². The highest BCUT2D eigenvalue weighted by Crippen LogP contribution is 2.18. The molecule has 18 heavy (non-hydrogen) atoms. The molecule has 1 aliphatic heterocycles. The number of hydrogen-bond donors (Lipinski definition) is 1. The molecule has 1 unspecified atom stereocenters. The Morgan fingerprint density at radius 3 is 2.83 bits per heavy atom. The Bertz CT molecular complexity index is 421. The topological polar surface area (TPSA) is 32.3 Å². The monoisotopic (exact) mass is 266 g/mol. The van der Waals surface area contributed by atoms with Crippen LogP contribution in [0.2, 0.25) is 5.02 Å². The zero-order chi connectivity index (χ0) is 13.1. The number of carbonyl (C=O) groups is 1. The van der Waals surface area contributed by atoms with Crippen molar-refractivity contribution < 1.29 is 4.79 Å². The van der Waals surface area contributed by atoms with E-state index >= 15 is 0 Å². The van der Waals surface area contributed by atoms with E-state index in [0.717, 1.165) is 31.6 Å². The molecule has 1 aromatic rings. The number of nitrogens with zero attached hydrogens (tertiary/aromatic N) is 1. The number of likely N-dealkylation sites (N-methyl/N-ethyl adjacent to an activating group) is 1. The van der Waals surface area contributed by atoms with E-state index < -0.39 is 0 Å². The first-order valence-electron chi connectivity index (χ1n) is 6.40. The summed E-state index contributed by atoms with van der Waals surface area (Å²) in [5.74, 6) is 0.0804. The zero-order valence-corrected chi connectivity index (χ0v) is 11.6. The van der Waals surface area contributed by atoms with Gasteiger partial charge in [0.1, 0.15) is 0 Å². The smallest absolute Gasteiger partial charge is 0.254 e. The van der Waals surface area contributed by atoms with Gasteiger partial charge in [-0.15, -0.1) is 0 Å². The summed E-state index contributed by atoms with van der Waals surface area (Å²) in [6.07, 6.45) is 1.03. The summed E-state index contributed by atoms with van der Waals surface area (Å²) >= 11 is 6.02. The minimum absolute atomic E-state index is 0.0804. The van der Waals surface area contributed by atoms with Crippen molar-refractivity contribution in [2.24, 2.45) is 0 Å². The average molecular weight is 267 g/mol. The minimum Gasteiger partial charge on any atom is -0.335 e. The van der Waals surface area contributed by atoms with Crippen molar-refractivity contribution >= 4 is 17.5 Å². The SMILES string of the molecule is CCN(C(=O)c1cc(C)cc(Cl)c1)C1CCNC1. The van der Waals surface area contributed by atoms with Crippen molar-refractivity contribution in [1.82, 2.24) is 10.2 Å². The average Bonchev–Trinajstić information content (AvgIpc) is 2.82. The predicted molar refractivity (Wildman–Crippen MR) is 74.2 cm³/mol. The molecule has 0 radical (unpaired) electrons. The fourth-order valence-corrected chi connectivity index (χ4v) is 2.79. The second-order valence-corrected chi connectivity index (χ2v) is 5.19. The van der Waals surface area contributed by atoms with Gasteiger partial charge in [-0.1, -0.05) is 11.6 Å². The molecule has 1 fully saturated rings. The first-order valence-corrected chi connectivity index (χ1v) is 6.78. The number of amides is 1. The van der Waals surface area contributed by atoms with Crippen molar-refractivity contribution in [3.63, 3.8) is 0 Å². The Morgan fingerprint density at radius 1 is 1.50 bits per heavy atom. The minimum atomic E-state index is 0.0804. The molecule has 1 N–H and O–H groups in total. The number of hydrogen-bond acceptors (Lipinski definition) is 2. The van der Waals surface area contributed by atoms with Gasteiger partial charge in [0, 0.05) is 29.7 Å². The van der Waals surface area contributed by atoms with E-state index in [2.05, 4.69) is 5.32 Å². The maximum Gasteiger partial charge on any atom is 0.254 e. The second-order valence-electron chi connectivity index (χ2n) is 4.76. The lowest BCUT2D eigenvalue weighted by Crippen LogP contribution is -2.41. The Balaban J connectivity index is 2.22. The van der Waals surface area contributed by atoms with E-state index in [1.54, 1.807) is 6.07 Å². The van der Waals surface area contributed by atoms with Crippen LogP contribution in [0.1, 0.15) is 29.3 Å². The van der Waals surface area contributed by atoms with Crippen LogP contribution in [-0.4, -0.2) is 36.5 Å². The van der Waals surface area contributed by atoms with Gasteiger partial charge in [0.15, 0.2) is 0 Å². The van der Waals surface area contributed by atoms with Crippen LogP contribution < -0.4 is 5.32 Å². The van der Waals surface area contributed by atoms with Crippen LogP contribution in [-0.2, 0) is 0 Å². The summed E-state index contributed by atoms with van der Waals surface area (Å²) in [7, 11) is 0. The number of halogens is 1. The number of rotatable bonds is 3. The highest BCUT2D eigenvalue weighted by atomic mass is 35.5. The summed E-state index contributed by atoms with van der Waals surface area (Å²) in [5.41, 5.74) is 1.71. The molecule has 1 heterocycles. The number of nitrogens with one attached hydrogen (secondary N) is 1. The van der Waals surface area contributed by atoms with Gasteiger partial charge in [-0.05, 0) is 50.6 Å². The fourth-order valence-electron chi connectivity index (χ4n) is 2.50. The van der Waals surface area contributed by atoms with E-state index in [9.17, 15) is 4.79 Å². The van der Waals surface area contributed by atoms with Crippen LogP contribution >= 0.6 is 11.6 Å². The fraction of sp³-hybridized carbons (Fsp3) is 0.500. The quantitative estimate of drug-likeness (QED) is 0.912. The molecule has 3 nitrogen and oxygen atoms in total. The van der Waals surface area contributed by atoms with Crippen LogP contribution in [0.4, 0.5) is 0 Å². The van der Waals surface area contributed by atoms with Gasteiger partial charge in [0.25, 0.3) is 5.91 Å². The van der Waals surface area contributed by atoms with Crippen molar-refractivity contribution in [3.05, 3.63) is 34.3 Å². The molecule has 0 saturated carbocycles. The highest BCUT2D eigenvalue weighted by molar-refractivity contribution is 6.31. The Hall–Kier alpha value is -1.06. The first-order chi connectivity index (χ1) is 8.61. The Labute approximate surface area is 113 Å². The van der Waals surface area contributed by atoms with E-state index in [4.69, 9.17) is 11.6 Å². The molecule has 0 spiro atoms. The van der Waals surface area contributed by atoms with Gasteiger partial charge in [-0.3, -0.25) is 4.79 Å². The van der Waals surface area contributed by atoms with E-state index in [0.29, 0.717) is 16.6 Å². The van der Waals surface area contributed by atoms with Crippen LogP contribution in [0.25, 0.3) is 0 Å². The van der Waals surface area contributed by atoms with Gasteiger partial charge in [-0.2, -0.15) is 0 Å². The third-order valence-electron chi connectivity index (χ3n) is 3.37. The molecule has 1 amide bonds. The summed E-state index contributed by atoms with van der Waals surface area (Å²) in [6, 6.07) is 5.83. The Morgan fingerprint density at radius 2 is 2.28 bits per heavy atom. The lowest BCUT2D eigenvalue weighted by molar-refractivity contribution is 0.0703. The lowest BCUT2D eigenvalue weighted by Gasteiger charge is -2.27. The van der Waals surface area contributed by atoms with Crippen molar-refractivity contribution in [1.29, 1.82) is 0 Å². The summed E-state index contributed by atoms with van der Waals surface area (Å²) in [5, 5.41) is 3.92. The molecule has 98 valence electrons. The van der Waals surface area contributed by atoms with Gasteiger partial charge < -0.3 is 10.2 Å². The largest absolute Gasteiger partial charge is 0.335 e. The van der Waals surface area contributed by atoms with Crippen LogP contribution in [0.15, 0.2) is 18.2 Å². The van der Waals surface area contributed by atoms with Gasteiger partial charge in [-0.25, -0.2) is 0 Å². The van der Waals surface area contributed by atoms with Gasteiger partial charge >= 0.3 is 0 Å². The molecule has 0 aromatic heterocycles. The molecular weight excluding hydrogens is 248 g/mol. The molecule has 1 atom stereocenters. The molecule has 4 heteroatoms. The molecule has 1 aliphatic rings. The zero-order valence-electron chi connectivity index (χ0n) is 10.9. The summed E-state index contributed by atoms with van der Waals surface area (Å²) < 4.78 is 0. The van der Waals surface area contributed by atoms with Crippen LogP contribution in [0, 0.1) is 6.92 Å². The third-order valence-corrected chi connectivity index (χ3v) is 3.58. The van der Waals surface area contributed by atoms with Gasteiger partial charge in [0.05, 0.1) is 0 Å². The molecule has 0 bridgehead atoms. The number of aryl methyl sites for hydroxylation is 1. The number of benzene rings is 1. The molecule has 0 aliphatic carbocycles. The summed E-state index contributed by atoms with van der Waals surface area (Å²) in [4.78, 5) is 14.4. The summed E-state index contributed by atoms with van der Waals surface area (Å²) in [6.45, 7) is 6.59. The molecule has 1 aromatic carbocycles. The third kappa shape index (κ3) is 2.85.